The van der Waals surface area contributed by atoms with Crippen LogP contribution in [0.1, 0.15) is 10.4 Å². The van der Waals surface area contributed by atoms with E-state index in [9.17, 15) is 4.79 Å². The van der Waals surface area contributed by atoms with Crippen LogP contribution in [0.3, 0.4) is 0 Å². The van der Waals surface area contributed by atoms with Gasteiger partial charge in [0.2, 0.25) is 0 Å². The van der Waals surface area contributed by atoms with E-state index in [1.807, 2.05) is 30.3 Å². The number of carbonyl (C=O) groups is 1. The van der Waals surface area contributed by atoms with Crippen LogP contribution >= 0.6 is 0 Å². The molecular weight excluding hydrogens is 266 g/mol. The first kappa shape index (κ1) is 14.9. The van der Waals surface area contributed by atoms with Gasteiger partial charge in [0.1, 0.15) is 0 Å². The zero-order valence-electron chi connectivity index (χ0n) is 11.9. The van der Waals surface area contributed by atoms with Crippen molar-refractivity contribution in [2.24, 2.45) is 0 Å². The lowest BCUT2D eigenvalue weighted by molar-refractivity contribution is 0.0937. The van der Waals surface area contributed by atoms with E-state index in [1.165, 1.54) is 0 Å². The predicted molar refractivity (Wildman–Crippen MR) is 84.8 cm³/mol. The van der Waals surface area contributed by atoms with E-state index >= 15 is 0 Å². The maximum Gasteiger partial charge on any atom is 0.251 e. The number of ether oxygens (including phenoxy) is 1. The molecule has 1 amide bonds. The molecule has 0 radical (unpaired) electrons. The highest BCUT2D eigenvalue weighted by atomic mass is 16.5. The Morgan fingerprint density at radius 2 is 1.95 bits per heavy atom. The number of anilines is 3. The molecule has 0 fully saturated rings. The van der Waals surface area contributed by atoms with Crippen LogP contribution in [0.4, 0.5) is 17.1 Å². The number of hydrogen-bond acceptors (Lipinski definition) is 4. The van der Waals surface area contributed by atoms with Crippen molar-refractivity contribution in [1.29, 1.82) is 0 Å². The van der Waals surface area contributed by atoms with Crippen LogP contribution in [-0.4, -0.2) is 26.2 Å². The van der Waals surface area contributed by atoms with Gasteiger partial charge in [0.25, 0.3) is 5.91 Å². The van der Waals surface area contributed by atoms with Crippen molar-refractivity contribution in [3.63, 3.8) is 0 Å². The van der Waals surface area contributed by atoms with Gasteiger partial charge < -0.3 is 21.1 Å². The lowest BCUT2D eigenvalue weighted by Gasteiger charge is -2.11. The third kappa shape index (κ3) is 4.22. The number of nitrogens with two attached hydrogens (primary N) is 1. The fraction of sp³-hybridized carbons (Fsp3) is 0.188. The molecule has 0 heterocycles. The Labute approximate surface area is 124 Å². The number of hydrogen-bond donors (Lipinski definition) is 3. The molecule has 4 N–H and O–H groups in total. The number of carbonyl (C=O) groups excluding carboxylic acids is 1. The standard InChI is InChI=1S/C16H19N3O2/c1-21-10-9-18-16(20)12-7-8-15(14(17)11-12)19-13-5-3-2-4-6-13/h2-8,11,19H,9-10,17H2,1H3,(H,18,20). The van der Waals surface area contributed by atoms with Crippen molar-refractivity contribution in [2.45, 2.75) is 0 Å². The quantitative estimate of drug-likeness (QED) is 0.562. The molecule has 0 saturated heterocycles. The molecule has 5 nitrogen and oxygen atoms in total. The largest absolute Gasteiger partial charge is 0.397 e. The van der Waals surface area contributed by atoms with E-state index in [0.717, 1.165) is 11.4 Å². The Balaban J connectivity index is 2.05. The van der Waals surface area contributed by atoms with Gasteiger partial charge >= 0.3 is 0 Å². The molecule has 0 aliphatic heterocycles. The van der Waals surface area contributed by atoms with Crippen molar-refractivity contribution >= 4 is 23.0 Å². The summed E-state index contributed by atoms with van der Waals surface area (Å²) in [5, 5.41) is 5.97. The van der Waals surface area contributed by atoms with Gasteiger partial charge in [0, 0.05) is 24.9 Å². The number of nitrogens with one attached hydrogen (secondary N) is 2. The summed E-state index contributed by atoms with van der Waals surface area (Å²) in [5.74, 6) is -0.162. The SMILES string of the molecule is COCCNC(=O)c1ccc(Nc2ccccc2)c(N)c1. The Kier molecular flexibility index (Phi) is 5.17. The average Bonchev–Trinajstić information content (AvgIpc) is 2.50. The van der Waals surface area contributed by atoms with Gasteiger partial charge in [-0.25, -0.2) is 0 Å². The molecule has 2 aromatic rings. The number of benzene rings is 2. The van der Waals surface area contributed by atoms with E-state index in [2.05, 4.69) is 10.6 Å². The first-order valence-corrected chi connectivity index (χ1v) is 6.69. The maximum absolute atomic E-state index is 11.9. The lowest BCUT2D eigenvalue weighted by atomic mass is 10.1. The van der Waals surface area contributed by atoms with Crippen molar-refractivity contribution in [3.8, 4) is 0 Å². The van der Waals surface area contributed by atoms with Crippen LogP contribution in [-0.2, 0) is 4.74 Å². The van der Waals surface area contributed by atoms with Gasteiger partial charge in [0.15, 0.2) is 0 Å². The molecule has 2 aromatic carbocycles. The normalized spacial score (nSPS) is 10.1. The highest BCUT2D eigenvalue weighted by Crippen LogP contribution is 2.24. The molecule has 5 heteroatoms. The molecule has 110 valence electrons. The second-order valence-electron chi connectivity index (χ2n) is 4.54. The lowest BCUT2D eigenvalue weighted by Crippen LogP contribution is -2.27. The molecule has 0 aliphatic rings. The Hall–Kier alpha value is -2.53. The van der Waals surface area contributed by atoms with E-state index in [-0.39, 0.29) is 5.91 Å². The van der Waals surface area contributed by atoms with Crippen LogP contribution < -0.4 is 16.4 Å². The minimum atomic E-state index is -0.162. The molecular formula is C16H19N3O2. The average molecular weight is 285 g/mol. The fourth-order valence-corrected chi connectivity index (χ4v) is 1.86. The number of para-hydroxylation sites is 1. The second-order valence-corrected chi connectivity index (χ2v) is 4.54. The summed E-state index contributed by atoms with van der Waals surface area (Å²) in [4.78, 5) is 11.9. The van der Waals surface area contributed by atoms with E-state index in [0.29, 0.717) is 24.4 Å². The minimum absolute atomic E-state index is 0.162. The zero-order valence-corrected chi connectivity index (χ0v) is 11.9. The Bertz CT molecular complexity index is 600. The predicted octanol–water partition coefficient (Wildman–Crippen LogP) is 2.39. The topological polar surface area (TPSA) is 76.4 Å². The van der Waals surface area contributed by atoms with Gasteiger partial charge in [-0.1, -0.05) is 18.2 Å². The van der Waals surface area contributed by atoms with Gasteiger partial charge in [0.05, 0.1) is 18.0 Å². The summed E-state index contributed by atoms with van der Waals surface area (Å²) in [5.41, 5.74) is 8.77. The summed E-state index contributed by atoms with van der Waals surface area (Å²) < 4.78 is 4.89. The molecule has 2 rings (SSSR count). The van der Waals surface area contributed by atoms with E-state index in [1.54, 1.807) is 25.3 Å². The smallest absolute Gasteiger partial charge is 0.251 e. The number of amides is 1. The summed E-state index contributed by atoms with van der Waals surface area (Å²) >= 11 is 0. The fourth-order valence-electron chi connectivity index (χ4n) is 1.86. The molecule has 0 atom stereocenters. The van der Waals surface area contributed by atoms with Crippen molar-refractivity contribution in [3.05, 3.63) is 54.1 Å². The molecule has 0 saturated carbocycles. The minimum Gasteiger partial charge on any atom is -0.397 e. The van der Waals surface area contributed by atoms with Gasteiger partial charge in [-0.05, 0) is 30.3 Å². The first-order chi connectivity index (χ1) is 10.2. The molecule has 0 unspecified atom stereocenters. The first-order valence-electron chi connectivity index (χ1n) is 6.69. The third-order valence-electron chi connectivity index (χ3n) is 2.96. The number of methoxy groups -OCH3 is 1. The van der Waals surface area contributed by atoms with Crippen LogP contribution in [0.25, 0.3) is 0 Å². The highest BCUT2D eigenvalue weighted by Gasteiger charge is 2.07. The summed E-state index contributed by atoms with van der Waals surface area (Å²) in [6.45, 7) is 0.953. The summed E-state index contributed by atoms with van der Waals surface area (Å²) in [6.07, 6.45) is 0. The van der Waals surface area contributed by atoms with Crippen LogP contribution in [0.2, 0.25) is 0 Å². The number of nitrogen functional groups attached to an aromatic ring is 1. The van der Waals surface area contributed by atoms with E-state index in [4.69, 9.17) is 10.5 Å². The molecule has 0 aromatic heterocycles. The van der Waals surface area contributed by atoms with E-state index < -0.39 is 0 Å². The highest BCUT2D eigenvalue weighted by molar-refractivity contribution is 5.96. The summed E-state index contributed by atoms with van der Waals surface area (Å²) in [7, 11) is 1.59. The van der Waals surface area contributed by atoms with Crippen molar-refractivity contribution < 1.29 is 9.53 Å². The molecule has 21 heavy (non-hydrogen) atoms. The number of rotatable bonds is 6. The van der Waals surface area contributed by atoms with Gasteiger partial charge in [-0.3, -0.25) is 4.79 Å². The van der Waals surface area contributed by atoms with Gasteiger partial charge in [-0.15, -0.1) is 0 Å². The van der Waals surface area contributed by atoms with Crippen LogP contribution in [0.5, 0.6) is 0 Å². The second kappa shape index (κ2) is 7.31. The maximum atomic E-state index is 11.9. The molecule has 0 aliphatic carbocycles. The summed E-state index contributed by atoms with van der Waals surface area (Å²) in [6, 6.07) is 14.9. The Morgan fingerprint density at radius 3 is 2.62 bits per heavy atom. The van der Waals surface area contributed by atoms with Gasteiger partial charge in [-0.2, -0.15) is 0 Å². The monoisotopic (exact) mass is 285 g/mol. The van der Waals surface area contributed by atoms with Crippen molar-refractivity contribution in [1.82, 2.24) is 5.32 Å². The molecule has 0 bridgehead atoms. The molecule has 0 spiro atoms. The van der Waals surface area contributed by atoms with Crippen LogP contribution in [0.15, 0.2) is 48.5 Å². The third-order valence-corrected chi connectivity index (χ3v) is 2.96. The Morgan fingerprint density at radius 1 is 1.19 bits per heavy atom. The van der Waals surface area contributed by atoms with Crippen LogP contribution in [0, 0.1) is 0 Å². The zero-order chi connectivity index (χ0) is 15.1. The van der Waals surface area contributed by atoms with Crippen molar-refractivity contribution in [2.75, 3.05) is 31.3 Å².